The Hall–Kier alpha value is -2.42. The van der Waals surface area contributed by atoms with Gasteiger partial charge in [0.2, 0.25) is 5.91 Å². The van der Waals surface area contributed by atoms with E-state index in [0.29, 0.717) is 10.8 Å². The second-order valence-electron chi connectivity index (χ2n) is 7.50. The Morgan fingerprint density at radius 3 is 2.65 bits per heavy atom. The van der Waals surface area contributed by atoms with E-state index < -0.39 is 5.25 Å². The van der Waals surface area contributed by atoms with Gasteiger partial charge in [-0.3, -0.25) is 14.3 Å². The Bertz CT molecular complexity index is 1020. The minimum Gasteiger partial charge on any atom is -0.322 e. The number of nitrogens with one attached hydrogen (secondary N) is 1. The van der Waals surface area contributed by atoms with Crippen LogP contribution in [0.25, 0.3) is 5.69 Å². The first kappa shape index (κ1) is 21.8. The lowest BCUT2D eigenvalue weighted by atomic mass is 10.1. The molecular weight excluding hydrogens is 432 g/mol. The van der Waals surface area contributed by atoms with E-state index in [9.17, 15) is 4.79 Å². The van der Waals surface area contributed by atoms with Crippen molar-refractivity contribution >= 4 is 35.0 Å². The molecule has 31 heavy (non-hydrogen) atoms. The predicted octanol–water partition coefficient (Wildman–Crippen LogP) is 4.42. The summed E-state index contributed by atoms with van der Waals surface area (Å²) in [7, 11) is 0. The van der Waals surface area contributed by atoms with Gasteiger partial charge < -0.3 is 5.32 Å². The zero-order chi connectivity index (χ0) is 21.6. The Morgan fingerprint density at radius 1 is 1.13 bits per heavy atom. The van der Waals surface area contributed by atoms with Crippen molar-refractivity contribution in [2.24, 2.45) is 0 Å². The lowest BCUT2D eigenvalue weighted by Gasteiger charge is -2.26. The van der Waals surface area contributed by atoms with Crippen molar-refractivity contribution in [2.75, 3.05) is 18.4 Å². The molecule has 1 saturated heterocycles. The summed E-state index contributed by atoms with van der Waals surface area (Å²) < 4.78 is 2.06. The maximum Gasteiger partial charge on any atom is 0.237 e. The molecule has 0 saturated carbocycles. The van der Waals surface area contributed by atoms with Crippen LogP contribution in [0.4, 0.5) is 5.69 Å². The number of para-hydroxylation sites is 1. The fourth-order valence-electron chi connectivity index (χ4n) is 3.56. The molecule has 1 aliphatic rings. The second kappa shape index (κ2) is 10.3. The van der Waals surface area contributed by atoms with Gasteiger partial charge in [0, 0.05) is 11.9 Å². The highest BCUT2D eigenvalue weighted by molar-refractivity contribution is 8.00. The van der Waals surface area contributed by atoms with Gasteiger partial charge in [-0.05, 0) is 57.1 Å². The summed E-state index contributed by atoms with van der Waals surface area (Å²) in [5.41, 5.74) is 1.49. The lowest BCUT2D eigenvalue weighted by Crippen LogP contribution is -2.30. The summed E-state index contributed by atoms with van der Waals surface area (Å²) in [5, 5.41) is 12.3. The van der Waals surface area contributed by atoms with Crippen molar-refractivity contribution in [3.05, 3.63) is 59.6 Å². The molecule has 3 heterocycles. The summed E-state index contributed by atoms with van der Waals surface area (Å²) in [5.74, 6) is 0.721. The number of hydrogen-bond acceptors (Lipinski definition) is 6. The van der Waals surface area contributed by atoms with Crippen LogP contribution in [0.3, 0.4) is 0 Å². The van der Waals surface area contributed by atoms with E-state index in [0.717, 1.165) is 31.1 Å². The Labute approximate surface area is 191 Å². The van der Waals surface area contributed by atoms with Gasteiger partial charge in [-0.25, -0.2) is 4.98 Å². The number of piperidine rings is 1. The first-order valence-electron chi connectivity index (χ1n) is 10.4. The number of thioether (sulfide) groups is 1. The number of likely N-dealkylation sites (tertiary alicyclic amines) is 1. The molecule has 1 fully saturated rings. The molecule has 9 heteroatoms. The molecule has 7 nitrogen and oxygen atoms in total. The smallest absolute Gasteiger partial charge is 0.237 e. The van der Waals surface area contributed by atoms with Crippen LogP contribution in [0.5, 0.6) is 0 Å². The van der Waals surface area contributed by atoms with Gasteiger partial charge in [0.25, 0.3) is 0 Å². The van der Waals surface area contributed by atoms with Gasteiger partial charge >= 0.3 is 0 Å². The molecule has 1 aliphatic heterocycles. The van der Waals surface area contributed by atoms with E-state index in [-0.39, 0.29) is 11.1 Å². The number of pyridine rings is 1. The van der Waals surface area contributed by atoms with E-state index in [1.54, 1.807) is 18.3 Å². The first-order chi connectivity index (χ1) is 15.1. The molecular formula is C22H25ClN6OS. The zero-order valence-corrected chi connectivity index (χ0v) is 18.9. The summed E-state index contributed by atoms with van der Waals surface area (Å²) in [6.45, 7) is 4.75. The molecule has 0 radical (unpaired) electrons. The van der Waals surface area contributed by atoms with Crippen molar-refractivity contribution in [3.8, 4) is 5.69 Å². The van der Waals surface area contributed by atoms with Crippen LogP contribution < -0.4 is 5.32 Å². The number of benzene rings is 1. The third kappa shape index (κ3) is 5.44. The van der Waals surface area contributed by atoms with Crippen molar-refractivity contribution in [3.63, 3.8) is 0 Å². The van der Waals surface area contributed by atoms with Crippen molar-refractivity contribution in [1.82, 2.24) is 24.6 Å². The number of aromatic nitrogens is 4. The highest BCUT2D eigenvalue weighted by Crippen LogP contribution is 2.28. The average Bonchev–Trinajstić information content (AvgIpc) is 3.18. The number of amides is 1. The second-order valence-corrected chi connectivity index (χ2v) is 9.16. The van der Waals surface area contributed by atoms with Crippen LogP contribution in [0, 0.1) is 0 Å². The quantitative estimate of drug-likeness (QED) is 0.419. The number of rotatable bonds is 7. The van der Waals surface area contributed by atoms with Gasteiger partial charge in [0.15, 0.2) is 16.1 Å². The standard InChI is InChI=1S/C22H25ClN6OS/c1-16(21(30)25-18-11-8-12-24-20(18)23)31-22-27-26-19(15-28-13-6-3-7-14-28)29(22)17-9-4-2-5-10-17/h2,4-5,8-12,16H,3,6-7,13-15H2,1H3,(H,25,30). The van der Waals surface area contributed by atoms with Crippen LogP contribution in [0.15, 0.2) is 53.8 Å². The van der Waals surface area contributed by atoms with E-state index in [1.807, 2.05) is 37.3 Å². The number of carbonyl (C=O) groups is 1. The highest BCUT2D eigenvalue weighted by Gasteiger charge is 2.23. The summed E-state index contributed by atoms with van der Waals surface area (Å²) in [4.78, 5) is 19.2. The molecule has 0 spiro atoms. The van der Waals surface area contributed by atoms with Crippen LogP contribution >= 0.6 is 23.4 Å². The molecule has 162 valence electrons. The van der Waals surface area contributed by atoms with Crippen molar-refractivity contribution in [1.29, 1.82) is 0 Å². The average molecular weight is 457 g/mol. The predicted molar refractivity (Wildman–Crippen MR) is 124 cm³/mol. The molecule has 0 aliphatic carbocycles. The Kier molecular flexibility index (Phi) is 7.21. The SMILES string of the molecule is CC(Sc1nnc(CN2CCCCC2)n1-c1ccccc1)C(=O)Nc1cccnc1Cl. The monoisotopic (exact) mass is 456 g/mol. The topological polar surface area (TPSA) is 75.9 Å². The van der Waals surface area contributed by atoms with Crippen LogP contribution in [-0.4, -0.2) is 48.9 Å². The molecule has 1 N–H and O–H groups in total. The highest BCUT2D eigenvalue weighted by atomic mass is 35.5. The molecule has 2 aromatic heterocycles. The van der Waals surface area contributed by atoms with Crippen molar-refractivity contribution < 1.29 is 4.79 Å². The van der Waals surface area contributed by atoms with Crippen LogP contribution in [-0.2, 0) is 11.3 Å². The van der Waals surface area contributed by atoms with Crippen molar-refractivity contribution in [2.45, 2.75) is 43.1 Å². The minimum atomic E-state index is -0.397. The molecule has 1 aromatic carbocycles. The number of anilines is 1. The third-order valence-electron chi connectivity index (χ3n) is 5.20. The Morgan fingerprint density at radius 2 is 1.90 bits per heavy atom. The zero-order valence-electron chi connectivity index (χ0n) is 17.4. The molecule has 1 unspecified atom stereocenters. The van der Waals surface area contributed by atoms with Gasteiger partial charge in [-0.15, -0.1) is 10.2 Å². The third-order valence-corrected chi connectivity index (χ3v) is 6.54. The minimum absolute atomic E-state index is 0.167. The molecule has 3 aromatic rings. The largest absolute Gasteiger partial charge is 0.322 e. The lowest BCUT2D eigenvalue weighted by molar-refractivity contribution is -0.115. The van der Waals surface area contributed by atoms with Gasteiger partial charge in [0.1, 0.15) is 0 Å². The maximum atomic E-state index is 12.8. The molecule has 1 atom stereocenters. The van der Waals surface area contributed by atoms with E-state index in [2.05, 4.69) is 30.0 Å². The van der Waals surface area contributed by atoms with E-state index in [1.165, 1.54) is 31.0 Å². The molecule has 4 rings (SSSR count). The van der Waals surface area contributed by atoms with Crippen LogP contribution in [0.2, 0.25) is 5.15 Å². The maximum absolute atomic E-state index is 12.8. The van der Waals surface area contributed by atoms with Gasteiger partial charge in [-0.2, -0.15) is 0 Å². The normalized spacial score (nSPS) is 15.5. The van der Waals surface area contributed by atoms with E-state index >= 15 is 0 Å². The number of hydrogen-bond donors (Lipinski definition) is 1. The number of nitrogens with zero attached hydrogens (tertiary/aromatic N) is 5. The van der Waals surface area contributed by atoms with Crippen LogP contribution in [0.1, 0.15) is 32.0 Å². The number of halogens is 1. The fraction of sp³-hybridized carbons (Fsp3) is 0.364. The first-order valence-corrected chi connectivity index (χ1v) is 11.7. The molecule has 0 bridgehead atoms. The number of carbonyl (C=O) groups excluding carboxylic acids is 1. The Balaban J connectivity index is 1.54. The van der Waals surface area contributed by atoms with Gasteiger partial charge in [0.05, 0.1) is 17.5 Å². The van der Waals surface area contributed by atoms with E-state index in [4.69, 9.17) is 11.6 Å². The fourth-order valence-corrected chi connectivity index (χ4v) is 4.61. The van der Waals surface area contributed by atoms with Gasteiger partial charge in [-0.1, -0.05) is 48.0 Å². The summed E-state index contributed by atoms with van der Waals surface area (Å²) >= 11 is 7.45. The molecule has 1 amide bonds. The summed E-state index contributed by atoms with van der Waals surface area (Å²) in [6, 6.07) is 13.5. The summed E-state index contributed by atoms with van der Waals surface area (Å²) in [6.07, 6.45) is 5.31.